The first kappa shape index (κ1) is 20.4. The number of halogens is 1. The smallest absolute Gasteiger partial charge is 0.255 e. The predicted octanol–water partition coefficient (Wildman–Crippen LogP) is 6.73. The van der Waals surface area contributed by atoms with Crippen molar-refractivity contribution in [2.75, 3.05) is 0 Å². The summed E-state index contributed by atoms with van der Waals surface area (Å²) in [5.74, 6) is -0.237. The number of aromatic nitrogens is 1. The number of hydrogen-bond acceptors (Lipinski definition) is 1. The fraction of sp³-hybridized carbons (Fsp3) is 0.100. The number of benzene rings is 4. The SMILES string of the molecule is Cn1c(-c2ccc(F)cc2)c(C2c3ccccc3C(=O)N2Cc2ccccc2)c2ccccc21. The Morgan fingerprint density at radius 2 is 1.47 bits per heavy atom. The summed E-state index contributed by atoms with van der Waals surface area (Å²) in [4.78, 5) is 15.7. The van der Waals surface area contributed by atoms with Crippen LogP contribution in [0.15, 0.2) is 103 Å². The van der Waals surface area contributed by atoms with Crippen molar-refractivity contribution in [1.82, 2.24) is 9.47 Å². The quantitative estimate of drug-likeness (QED) is 0.300. The molecule has 2 heterocycles. The van der Waals surface area contributed by atoms with Gasteiger partial charge in [-0.1, -0.05) is 66.7 Å². The van der Waals surface area contributed by atoms with Crippen molar-refractivity contribution < 1.29 is 9.18 Å². The first-order valence-corrected chi connectivity index (χ1v) is 11.4. The number of hydrogen-bond donors (Lipinski definition) is 0. The fourth-order valence-electron chi connectivity index (χ4n) is 5.28. The molecule has 1 aliphatic heterocycles. The summed E-state index contributed by atoms with van der Waals surface area (Å²) < 4.78 is 16.0. The van der Waals surface area contributed by atoms with Gasteiger partial charge in [0, 0.05) is 35.6 Å². The molecule has 1 aliphatic rings. The maximum atomic E-state index is 13.8. The van der Waals surface area contributed by atoms with E-state index in [2.05, 4.69) is 34.9 Å². The molecule has 4 heteroatoms. The minimum Gasteiger partial charge on any atom is -0.343 e. The van der Waals surface area contributed by atoms with Crippen molar-refractivity contribution in [1.29, 1.82) is 0 Å². The lowest BCUT2D eigenvalue weighted by molar-refractivity contribution is 0.0737. The highest BCUT2D eigenvalue weighted by Crippen LogP contribution is 2.46. The molecule has 0 saturated heterocycles. The van der Waals surface area contributed by atoms with E-state index in [0.717, 1.165) is 44.4 Å². The minimum atomic E-state index is -0.267. The van der Waals surface area contributed by atoms with Crippen molar-refractivity contribution in [3.05, 3.63) is 131 Å². The molecule has 34 heavy (non-hydrogen) atoms. The number of carbonyl (C=O) groups is 1. The van der Waals surface area contributed by atoms with Crippen LogP contribution in [0.1, 0.15) is 33.1 Å². The van der Waals surface area contributed by atoms with Gasteiger partial charge in [0.2, 0.25) is 0 Å². The molecule has 166 valence electrons. The average Bonchev–Trinajstić information content (AvgIpc) is 3.31. The van der Waals surface area contributed by atoms with Crippen molar-refractivity contribution >= 4 is 16.8 Å². The van der Waals surface area contributed by atoms with Crippen LogP contribution in [0.25, 0.3) is 22.2 Å². The molecule has 3 nitrogen and oxygen atoms in total. The van der Waals surface area contributed by atoms with Crippen molar-refractivity contribution in [3.63, 3.8) is 0 Å². The first-order chi connectivity index (χ1) is 16.6. The van der Waals surface area contributed by atoms with Gasteiger partial charge in [-0.15, -0.1) is 0 Å². The number of aryl methyl sites for hydroxylation is 1. The molecule has 1 atom stereocenters. The predicted molar refractivity (Wildman–Crippen MR) is 133 cm³/mol. The molecule has 0 bridgehead atoms. The Morgan fingerprint density at radius 1 is 0.794 bits per heavy atom. The van der Waals surface area contributed by atoms with Gasteiger partial charge < -0.3 is 9.47 Å². The Kier molecular flexibility index (Phi) is 4.80. The normalized spacial score (nSPS) is 15.2. The van der Waals surface area contributed by atoms with E-state index in [1.807, 2.05) is 72.6 Å². The molecule has 0 radical (unpaired) electrons. The summed E-state index contributed by atoms with van der Waals surface area (Å²) in [5, 5.41) is 1.09. The molecule has 1 amide bonds. The lowest BCUT2D eigenvalue weighted by atomic mass is 9.93. The highest BCUT2D eigenvalue weighted by molar-refractivity contribution is 6.02. The Hall–Kier alpha value is -4.18. The zero-order chi connectivity index (χ0) is 23.2. The summed E-state index contributed by atoms with van der Waals surface area (Å²) >= 11 is 0. The first-order valence-electron chi connectivity index (χ1n) is 11.4. The van der Waals surface area contributed by atoms with E-state index in [9.17, 15) is 9.18 Å². The van der Waals surface area contributed by atoms with Gasteiger partial charge >= 0.3 is 0 Å². The molecule has 0 N–H and O–H groups in total. The van der Waals surface area contributed by atoms with Crippen LogP contribution in [-0.2, 0) is 13.6 Å². The van der Waals surface area contributed by atoms with E-state index in [0.29, 0.717) is 6.54 Å². The molecule has 4 aromatic carbocycles. The molecule has 1 unspecified atom stereocenters. The molecule has 1 aromatic heterocycles. The summed E-state index contributed by atoms with van der Waals surface area (Å²) in [7, 11) is 2.04. The highest BCUT2D eigenvalue weighted by Gasteiger charge is 2.40. The number of nitrogens with zero attached hydrogens (tertiary/aromatic N) is 2. The van der Waals surface area contributed by atoms with Crippen LogP contribution in [-0.4, -0.2) is 15.4 Å². The number of amides is 1. The van der Waals surface area contributed by atoms with Crippen LogP contribution in [0.5, 0.6) is 0 Å². The Labute approximate surface area is 197 Å². The summed E-state index contributed by atoms with van der Waals surface area (Å²) in [6, 6.07) is 32.6. The van der Waals surface area contributed by atoms with Crippen LogP contribution in [0, 0.1) is 5.82 Å². The van der Waals surface area contributed by atoms with E-state index in [1.165, 1.54) is 12.1 Å². The van der Waals surface area contributed by atoms with Gasteiger partial charge in [-0.25, -0.2) is 4.39 Å². The van der Waals surface area contributed by atoms with Gasteiger partial charge in [0.25, 0.3) is 5.91 Å². The van der Waals surface area contributed by atoms with E-state index in [-0.39, 0.29) is 17.8 Å². The molecular weight excluding hydrogens is 423 g/mol. The van der Waals surface area contributed by atoms with Crippen molar-refractivity contribution in [3.8, 4) is 11.3 Å². The van der Waals surface area contributed by atoms with E-state index in [1.54, 1.807) is 0 Å². The lowest BCUT2D eigenvalue weighted by Crippen LogP contribution is -2.28. The molecule has 5 aromatic rings. The van der Waals surface area contributed by atoms with Gasteiger partial charge in [0.05, 0.1) is 11.7 Å². The fourth-order valence-corrected chi connectivity index (χ4v) is 5.28. The standard InChI is InChI=1S/C30H23FN2O/c1-32-26-14-8-7-13-25(26)27(28(32)21-15-17-22(31)18-16-21)29-23-11-5-6-12-24(23)30(34)33(29)19-20-9-3-2-4-10-20/h2-18,29H,19H2,1H3. The monoisotopic (exact) mass is 446 g/mol. The maximum absolute atomic E-state index is 13.8. The average molecular weight is 447 g/mol. The number of rotatable bonds is 4. The van der Waals surface area contributed by atoms with Crippen LogP contribution < -0.4 is 0 Å². The number of fused-ring (bicyclic) bond motifs is 2. The van der Waals surface area contributed by atoms with Gasteiger partial charge in [-0.05, 0) is 53.1 Å². The maximum Gasteiger partial charge on any atom is 0.255 e. The zero-order valence-electron chi connectivity index (χ0n) is 18.8. The van der Waals surface area contributed by atoms with Crippen LogP contribution in [0.2, 0.25) is 0 Å². The number of para-hydroxylation sites is 1. The molecule has 6 rings (SSSR count). The second-order valence-electron chi connectivity index (χ2n) is 8.75. The Bertz CT molecular complexity index is 1520. The zero-order valence-corrected chi connectivity index (χ0v) is 18.8. The Morgan fingerprint density at radius 3 is 2.26 bits per heavy atom. The molecule has 0 saturated carbocycles. The highest BCUT2D eigenvalue weighted by atomic mass is 19.1. The Balaban J connectivity index is 1.63. The second-order valence-corrected chi connectivity index (χ2v) is 8.75. The third-order valence-electron chi connectivity index (χ3n) is 6.79. The molecule has 0 fully saturated rings. The number of carbonyl (C=O) groups excluding carboxylic acids is 1. The minimum absolute atomic E-state index is 0.0300. The van der Waals surface area contributed by atoms with Crippen LogP contribution in [0.3, 0.4) is 0 Å². The molecular formula is C30H23FN2O. The second kappa shape index (κ2) is 7.99. The van der Waals surface area contributed by atoms with E-state index >= 15 is 0 Å². The van der Waals surface area contributed by atoms with Gasteiger partial charge in [0.1, 0.15) is 5.82 Å². The van der Waals surface area contributed by atoms with Gasteiger partial charge in [-0.3, -0.25) is 4.79 Å². The summed E-state index contributed by atoms with van der Waals surface area (Å²) in [6.07, 6.45) is 0. The lowest BCUT2D eigenvalue weighted by Gasteiger charge is -2.27. The van der Waals surface area contributed by atoms with Crippen LogP contribution in [0.4, 0.5) is 4.39 Å². The summed E-state index contributed by atoms with van der Waals surface area (Å²) in [5.41, 5.74) is 6.88. The molecule has 0 spiro atoms. The van der Waals surface area contributed by atoms with Crippen molar-refractivity contribution in [2.45, 2.75) is 12.6 Å². The van der Waals surface area contributed by atoms with Gasteiger partial charge in [0.15, 0.2) is 0 Å². The third-order valence-corrected chi connectivity index (χ3v) is 6.79. The third kappa shape index (κ3) is 3.14. The van der Waals surface area contributed by atoms with Crippen LogP contribution >= 0.6 is 0 Å². The summed E-state index contributed by atoms with van der Waals surface area (Å²) in [6.45, 7) is 0.505. The van der Waals surface area contributed by atoms with E-state index in [4.69, 9.17) is 0 Å². The molecule has 0 aliphatic carbocycles. The largest absolute Gasteiger partial charge is 0.343 e. The topological polar surface area (TPSA) is 25.2 Å². The van der Waals surface area contributed by atoms with Crippen molar-refractivity contribution in [2.24, 2.45) is 7.05 Å². The van der Waals surface area contributed by atoms with E-state index < -0.39 is 0 Å². The van der Waals surface area contributed by atoms with Gasteiger partial charge in [-0.2, -0.15) is 0 Å².